The second-order valence-electron chi connectivity index (χ2n) is 4.84. The highest BCUT2D eigenvalue weighted by molar-refractivity contribution is 8.02. The molecular formula is C15H19N5O3S2. The van der Waals surface area contributed by atoms with E-state index in [0.29, 0.717) is 16.0 Å². The molecule has 0 fully saturated rings. The third-order valence-corrected chi connectivity index (χ3v) is 4.99. The van der Waals surface area contributed by atoms with Gasteiger partial charge in [0.05, 0.1) is 12.4 Å². The molecule has 1 unspecified atom stereocenters. The monoisotopic (exact) mass is 381 g/mol. The molecule has 1 aromatic carbocycles. The molecule has 25 heavy (non-hydrogen) atoms. The third-order valence-electron chi connectivity index (χ3n) is 2.97. The Morgan fingerprint density at radius 3 is 2.64 bits per heavy atom. The van der Waals surface area contributed by atoms with Crippen LogP contribution in [0.4, 0.5) is 15.6 Å². The fraction of sp³-hybridized carbons (Fsp3) is 0.333. The summed E-state index contributed by atoms with van der Waals surface area (Å²) in [6.07, 6.45) is 0. The molecule has 0 radical (unpaired) electrons. The summed E-state index contributed by atoms with van der Waals surface area (Å²) in [6.45, 7) is 3.94. The van der Waals surface area contributed by atoms with Gasteiger partial charge in [0, 0.05) is 12.2 Å². The molecule has 3 amide bonds. The number of urea groups is 1. The van der Waals surface area contributed by atoms with E-state index in [0.717, 1.165) is 11.4 Å². The Labute approximate surface area is 153 Å². The topological polar surface area (TPSA) is 105 Å². The van der Waals surface area contributed by atoms with Crippen LogP contribution in [0.25, 0.3) is 0 Å². The predicted molar refractivity (Wildman–Crippen MR) is 98.7 cm³/mol. The Balaban J connectivity index is 1.89. The molecular weight excluding hydrogens is 362 g/mol. The van der Waals surface area contributed by atoms with Gasteiger partial charge >= 0.3 is 6.03 Å². The fourth-order valence-electron chi connectivity index (χ4n) is 1.73. The average molecular weight is 381 g/mol. The summed E-state index contributed by atoms with van der Waals surface area (Å²) < 4.78 is 5.74. The Hall–Kier alpha value is -2.33. The SMILES string of the molecule is CCNC(=O)NC(=O)C(C)Sc1nnc(Nc2ccc(OC)cc2)s1. The molecule has 1 heterocycles. The lowest BCUT2D eigenvalue weighted by Gasteiger charge is -2.09. The smallest absolute Gasteiger partial charge is 0.321 e. The van der Waals surface area contributed by atoms with Crippen LogP contribution in [0, 0.1) is 0 Å². The van der Waals surface area contributed by atoms with Crippen molar-refractivity contribution in [1.29, 1.82) is 0 Å². The Morgan fingerprint density at radius 2 is 2.00 bits per heavy atom. The minimum absolute atomic E-state index is 0.379. The maximum atomic E-state index is 11.9. The summed E-state index contributed by atoms with van der Waals surface area (Å²) in [4.78, 5) is 23.3. The summed E-state index contributed by atoms with van der Waals surface area (Å²) in [5, 5.41) is 16.2. The fourth-order valence-corrected chi connectivity index (χ4v) is 3.64. The maximum Gasteiger partial charge on any atom is 0.321 e. The van der Waals surface area contributed by atoms with Crippen molar-refractivity contribution in [1.82, 2.24) is 20.8 Å². The van der Waals surface area contributed by atoms with Crippen molar-refractivity contribution in [3.63, 3.8) is 0 Å². The molecule has 3 N–H and O–H groups in total. The van der Waals surface area contributed by atoms with Gasteiger partial charge in [0.25, 0.3) is 0 Å². The number of hydrogen-bond donors (Lipinski definition) is 3. The lowest BCUT2D eigenvalue weighted by atomic mass is 10.3. The molecule has 8 nitrogen and oxygen atoms in total. The van der Waals surface area contributed by atoms with Gasteiger partial charge in [-0.05, 0) is 38.1 Å². The summed E-state index contributed by atoms with van der Waals surface area (Å²) in [5.74, 6) is 0.391. The van der Waals surface area contributed by atoms with Crippen LogP contribution in [0.15, 0.2) is 28.6 Å². The van der Waals surface area contributed by atoms with Crippen LogP contribution in [0.5, 0.6) is 5.75 Å². The first-order valence-corrected chi connectivity index (χ1v) is 9.21. The van der Waals surface area contributed by atoms with Crippen molar-refractivity contribution in [2.75, 3.05) is 19.0 Å². The number of carbonyl (C=O) groups excluding carboxylic acids is 2. The Morgan fingerprint density at radius 1 is 1.28 bits per heavy atom. The number of hydrogen-bond acceptors (Lipinski definition) is 8. The number of amides is 3. The number of benzene rings is 1. The minimum Gasteiger partial charge on any atom is -0.497 e. The van der Waals surface area contributed by atoms with Crippen LogP contribution in [0.3, 0.4) is 0 Å². The number of nitrogens with zero attached hydrogens (tertiary/aromatic N) is 2. The van der Waals surface area contributed by atoms with Crippen molar-refractivity contribution in [3.05, 3.63) is 24.3 Å². The van der Waals surface area contributed by atoms with E-state index in [9.17, 15) is 9.59 Å². The van der Waals surface area contributed by atoms with Crippen LogP contribution in [-0.4, -0.2) is 41.0 Å². The molecule has 0 saturated heterocycles. The first kappa shape index (κ1) is 19.0. The van der Waals surface area contributed by atoms with Crippen molar-refractivity contribution >= 4 is 45.9 Å². The van der Waals surface area contributed by atoms with E-state index in [1.54, 1.807) is 21.0 Å². The van der Waals surface area contributed by atoms with E-state index in [4.69, 9.17) is 4.74 Å². The number of rotatable bonds is 7. The molecule has 0 bridgehead atoms. The summed E-state index contributed by atoms with van der Waals surface area (Å²) in [7, 11) is 1.61. The van der Waals surface area contributed by atoms with E-state index < -0.39 is 11.3 Å². The second-order valence-corrected chi connectivity index (χ2v) is 7.40. The summed E-state index contributed by atoms with van der Waals surface area (Å²) >= 11 is 2.57. The van der Waals surface area contributed by atoms with E-state index in [2.05, 4.69) is 26.1 Å². The number of aromatic nitrogens is 2. The van der Waals surface area contributed by atoms with Gasteiger partial charge in [-0.3, -0.25) is 10.1 Å². The zero-order valence-corrected chi connectivity index (χ0v) is 15.7. The van der Waals surface area contributed by atoms with Crippen molar-refractivity contribution < 1.29 is 14.3 Å². The van der Waals surface area contributed by atoms with Crippen LogP contribution in [0.1, 0.15) is 13.8 Å². The van der Waals surface area contributed by atoms with Gasteiger partial charge in [-0.2, -0.15) is 0 Å². The lowest BCUT2D eigenvalue weighted by Crippen LogP contribution is -2.42. The predicted octanol–water partition coefficient (Wildman–Crippen LogP) is 2.62. The zero-order valence-electron chi connectivity index (χ0n) is 14.0. The van der Waals surface area contributed by atoms with Crippen LogP contribution < -0.4 is 20.7 Å². The number of anilines is 2. The molecule has 0 aliphatic carbocycles. The molecule has 0 spiro atoms. The normalized spacial score (nSPS) is 11.5. The molecule has 10 heteroatoms. The zero-order chi connectivity index (χ0) is 18.2. The summed E-state index contributed by atoms with van der Waals surface area (Å²) in [5.41, 5.74) is 0.857. The van der Waals surface area contributed by atoms with Crippen molar-refractivity contribution in [2.24, 2.45) is 0 Å². The van der Waals surface area contributed by atoms with E-state index in [1.165, 1.54) is 23.1 Å². The van der Waals surface area contributed by atoms with Crippen LogP contribution in [-0.2, 0) is 4.79 Å². The van der Waals surface area contributed by atoms with Gasteiger partial charge in [-0.15, -0.1) is 10.2 Å². The lowest BCUT2D eigenvalue weighted by molar-refractivity contribution is -0.119. The average Bonchev–Trinajstić information content (AvgIpc) is 3.02. The number of methoxy groups -OCH3 is 1. The third kappa shape index (κ3) is 5.91. The molecule has 1 aromatic heterocycles. The van der Waals surface area contributed by atoms with Gasteiger partial charge in [0.15, 0.2) is 4.34 Å². The largest absolute Gasteiger partial charge is 0.497 e. The van der Waals surface area contributed by atoms with Crippen molar-refractivity contribution in [3.8, 4) is 5.75 Å². The quantitative estimate of drug-likeness (QED) is 0.633. The van der Waals surface area contributed by atoms with Crippen molar-refractivity contribution in [2.45, 2.75) is 23.4 Å². The highest BCUT2D eigenvalue weighted by atomic mass is 32.2. The van der Waals surface area contributed by atoms with Gasteiger partial charge in [-0.25, -0.2) is 4.79 Å². The molecule has 134 valence electrons. The number of ether oxygens (including phenoxy) is 1. The molecule has 2 aromatic rings. The first-order valence-electron chi connectivity index (χ1n) is 7.51. The van der Waals surface area contributed by atoms with E-state index in [-0.39, 0.29) is 5.91 Å². The highest BCUT2D eigenvalue weighted by Crippen LogP contribution is 2.30. The number of imide groups is 1. The number of thioether (sulfide) groups is 1. The molecule has 2 rings (SSSR count). The number of nitrogens with one attached hydrogen (secondary N) is 3. The van der Waals surface area contributed by atoms with Crippen LogP contribution >= 0.6 is 23.1 Å². The van der Waals surface area contributed by atoms with Gasteiger partial charge in [-0.1, -0.05) is 23.1 Å². The Kier molecular flexibility index (Phi) is 7.02. The molecule has 0 aliphatic rings. The van der Waals surface area contributed by atoms with Gasteiger partial charge < -0.3 is 15.4 Å². The molecule has 1 atom stereocenters. The highest BCUT2D eigenvalue weighted by Gasteiger charge is 2.19. The standard InChI is InChI=1S/C15H19N5O3S2/c1-4-16-13(22)18-12(21)9(2)24-15-20-19-14(25-15)17-10-5-7-11(23-3)8-6-10/h5-9H,4H2,1-3H3,(H,17,19)(H2,16,18,21,22). The van der Waals surface area contributed by atoms with E-state index in [1.807, 2.05) is 24.3 Å². The molecule has 0 saturated carbocycles. The Bertz CT molecular complexity index is 720. The first-order chi connectivity index (χ1) is 12.0. The van der Waals surface area contributed by atoms with Gasteiger partial charge in [0.2, 0.25) is 11.0 Å². The second kappa shape index (κ2) is 9.23. The van der Waals surface area contributed by atoms with Gasteiger partial charge in [0.1, 0.15) is 5.75 Å². The molecule has 0 aliphatic heterocycles. The summed E-state index contributed by atoms with van der Waals surface area (Å²) in [6, 6.07) is 6.92. The minimum atomic E-state index is -0.501. The van der Waals surface area contributed by atoms with E-state index >= 15 is 0 Å². The number of carbonyl (C=O) groups is 2. The van der Waals surface area contributed by atoms with Crippen LogP contribution in [0.2, 0.25) is 0 Å². The maximum absolute atomic E-state index is 11.9.